The Balaban J connectivity index is 1.20. The van der Waals surface area contributed by atoms with Gasteiger partial charge in [0.2, 0.25) is 0 Å². The van der Waals surface area contributed by atoms with Gasteiger partial charge in [-0.25, -0.2) is 15.0 Å². The van der Waals surface area contributed by atoms with Gasteiger partial charge >= 0.3 is 0 Å². The molecule has 0 N–H and O–H groups in total. The van der Waals surface area contributed by atoms with Crippen LogP contribution in [0.1, 0.15) is 44.5 Å². The molecule has 0 spiro atoms. The van der Waals surface area contributed by atoms with Gasteiger partial charge in [-0.2, -0.15) is 0 Å². The van der Waals surface area contributed by atoms with Crippen LogP contribution < -0.4 is 19.6 Å². The second kappa shape index (κ2) is 20.9. The van der Waals surface area contributed by atoms with Crippen molar-refractivity contribution < 1.29 is 0 Å². The van der Waals surface area contributed by atoms with E-state index in [-0.39, 0.29) is 0 Å². The molecule has 4 aliphatic rings. The van der Waals surface area contributed by atoms with Gasteiger partial charge in [-0.3, -0.25) is 9.80 Å². The quantitative estimate of drug-likeness (QED) is 0.158. The average molecular weight is 1080 g/mol. The number of para-hydroxylation sites is 8. The number of fused-ring (bicyclic) bond motifs is 8. The molecule has 12 aromatic rings. The summed E-state index contributed by atoms with van der Waals surface area (Å²) in [5.41, 5.74) is 24.9. The Morgan fingerprint density at radius 2 is 0.452 bits per heavy atom. The van der Waals surface area contributed by atoms with Crippen molar-refractivity contribution in [1.29, 1.82) is 0 Å². The standard InChI is InChI=1S/C77H59N7/c1-3-23-52(24-4-1)62-51-63(53-25-5-2-6-26-53)79-75(78-62)72-73(81-64-35-15-7-27-54(64)43-44-55-28-8-16-36-65(55)81)76(83-68-39-19-11-31-58(68)47-48-59-32-12-20-40-69(59)83)80-77(84-70-41-21-13-33-60(70)49-50-61-34-14-22-42-71(61)84)74(72)82-66-37-17-9-29-56(66)45-46-57-30-10-18-38-67(57)82/h1-42,51H,43-50H2. The lowest BCUT2D eigenvalue weighted by Gasteiger charge is -2.40. The third-order valence-corrected chi connectivity index (χ3v) is 17.6. The zero-order valence-electron chi connectivity index (χ0n) is 46.6. The molecule has 4 aliphatic heterocycles. The summed E-state index contributed by atoms with van der Waals surface area (Å²) in [5, 5.41) is 0. The summed E-state index contributed by atoms with van der Waals surface area (Å²) in [6.07, 6.45) is 6.88. The Bertz CT molecular complexity index is 4030. The van der Waals surface area contributed by atoms with Gasteiger partial charge in [-0.1, -0.05) is 206 Å². The Morgan fingerprint density at radius 1 is 0.226 bits per heavy atom. The van der Waals surface area contributed by atoms with Crippen LogP contribution in [0.3, 0.4) is 0 Å². The molecule has 7 nitrogen and oxygen atoms in total. The van der Waals surface area contributed by atoms with E-state index in [1.165, 1.54) is 44.5 Å². The highest BCUT2D eigenvalue weighted by molar-refractivity contribution is 6.10. The third-order valence-electron chi connectivity index (χ3n) is 17.6. The van der Waals surface area contributed by atoms with Gasteiger partial charge in [0, 0.05) is 33.9 Å². The molecule has 10 aromatic carbocycles. The zero-order chi connectivity index (χ0) is 55.5. The first-order valence-corrected chi connectivity index (χ1v) is 29.6. The maximum atomic E-state index is 6.66. The number of aryl methyl sites for hydroxylation is 8. The molecule has 0 aliphatic carbocycles. The molecular formula is C77H59N7. The Labute approximate surface area is 491 Å². The smallest absolute Gasteiger partial charge is 0.165 e. The molecule has 0 atom stereocenters. The summed E-state index contributed by atoms with van der Waals surface area (Å²) in [4.78, 5) is 28.8. The van der Waals surface area contributed by atoms with Crippen LogP contribution in [0.25, 0.3) is 33.9 Å². The molecule has 84 heavy (non-hydrogen) atoms. The van der Waals surface area contributed by atoms with Crippen molar-refractivity contribution in [2.75, 3.05) is 19.6 Å². The highest BCUT2D eigenvalue weighted by Crippen LogP contribution is 2.61. The van der Waals surface area contributed by atoms with Crippen molar-refractivity contribution in [3.05, 3.63) is 305 Å². The highest BCUT2D eigenvalue weighted by Gasteiger charge is 2.41. The molecule has 6 heterocycles. The third kappa shape index (κ3) is 8.45. The first-order chi connectivity index (χ1) is 41.7. The Morgan fingerprint density at radius 3 is 0.714 bits per heavy atom. The van der Waals surface area contributed by atoms with Crippen LogP contribution in [-0.4, -0.2) is 15.0 Å². The minimum Gasteiger partial charge on any atom is -0.306 e. The second-order valence-corrected chi connectivity index (χ2v) is 22.4. The maximum absolute atomic E-state index is 6.66. The Hall–Kier alpha value is -10.4. The SMILES string of the molecule is c1ccc(-c2cc(-c3ccccc3)nc(-c3c(N4c5ccccc5CCc5ccccc54)c(N4c5ccccc5CCc5ccccc54)nc(N4c5ccccc5CCc5ccccc54)c3N3c4ccccc4CCc4ccccc43)n2)cc1. The van der Waals surface area contributed by atoms with E-state index in [9.17, 15) is 0 Å². The minimum absolute atomic E-state index is 0.580. The van der Waals surface area contributed by atoms with Crippen LogP contribution in [0, 0.1) is 0 Å². The molecule has 0 amide bonds. The molecule has 402 valence electrons. The average Bonchev–Trinajstić information content (AvgIpc) is 1.55. The molecule has 2 aromatic heterocycles. The molecule has 0 saturated carbocycles. The van der Waals surface area contributed by atoms with Crippen molar-refractivity contribution in [3.63, 3.8) is 0 Å². The molecule has 0 saturated heterocycles. The second-order valence-electron chi connectivity index (χ2n) is 22.4. The fourth-order valence-electron chi connectivity index (χ4n) is 13.6. The number of anilines is 12. The number of hydrogen-bond acceptors (Lipinski definition) is 7. The summed E-state index contributed by atoms with van der Waals surface area (Å²) in [5.74, 6) is 2.11. The van der Waals surface area contributed by atoms with Gasteiger partial charge < -0.3 is 9.80 Å². The van der Waals surface area contributed by atoms with Crippen molar-refractivity contribution >= 4 is 68.5 Å². The van der Waals surface area contributed by atoms with Crippen LogP contribution in [0.2, 0.25) is 0 Å². The van der Waals surface area contributed by atoms with Crippen LogP contribution in [0.4, 0.5) is 68.5 Å². The van der Waals surface area contributed by atoms with E-state index in [4.69, 9.17) is 15.0 Å². The van der Waals surface area contributed by atoms with Gasteiger partial charge in [0.1, 0.15) is 11.4 Å². The summed E-state index contributed by atoms with van der Waals surface area (Å²) in [6.45, 7) is 0. The number of benzene rings is 10. The van der Waals surface area contributed by atoms with Crippen molar-refractivity contribution in [3.8, 4) is 33.9 Å². The number of nitrogens with zero attached hydrogens (tertiary/aromatic N) is 7. The van der Waals surface area contributed by atoms with Crippen LogP contribution in [0.15, 0.2) is 261 Å². The van der Waals surface area contributed by atoms with Crippen molar-refractivity contribution in [2.45, 2.75) is 51.4 Å². The van der Waals surface area contributed by atoms with Crippen LogP contribution in [-0.2, 0) is 51.4 Å². The molecule has 0 radical (unpaired) electrons. The topological polar surface area (TPSA) is 51.6 Å². The number of pyridine rings is 1. The number of hydrogen-bond donors (Lipinski definition) is 0. The van der Waals surface area contributed by atoms with Crippen molar-refractivity contribution in [2.24, 2.45) is 0 Å². The fourth-order valence-corrected chi connectivity index (χ4v) is 13.6. The Kier molecular flexibility index (Phi) is 12.3. The molecule has 0 fully saturated rings. The van der Waals surface area contributed by atoms with E-state index in [2.05, 4.69) is 280 Å². The van der Waals surface area contributed by atoms with Gasteiger partial charge in [0.15, 0.2) is 17.5 Å². The van der Waals surface area contributed by atoms with Gasteiger partial charge in [0.25, 0.3) is 0 Å². The van der Waals surface area contributed by atoms with E-state index in [1.807, 2.05) is 0 Å². The lowest BCUT2D eigenvalue weighted by atomic mass is 9.99. The highest BCUT2D eigenvalue weighted by atomic mass is 15.3. The molecule has 0 unspecified atom stereocenters. The first kappa shape index (κ1) is 49.4. The van der Waals surface area contributed by atoms with Crippen LogP contribution in [0.5, 0.6) is 0 Å². The maximum Gasteiger partial charge on any atom is 0.165 e. The predicted molar refractivity (Wildman–Crippen MR) is 344 cm³/mol. The van der Waals surface area contributed by atoms with Gasteiger partial charge in [0.05, 0.1) is 39.7 Å². The molecule has 0 bridgehead atoms. The summed E-state index contributed by atoms with van der Waals surface area (Å²) in [7, 11) is 0. The largest absolute Gasteiger partial charge is 0.306 e. The van der Waals surface area contributed by atoms with Gasteiger partial charge in [-0.05, 0) is 150 Å². The monoisotopic (exact) mass is 1080 g/mol. The van der Waals surface area contributed by atoms with Crippen LogP contribution >= 0.6 is 0 Å². The lowest BCUT2D eigenvalue weighted by molar-refractivity contribution is 0.977. The zero-order valence-corrected chi connectivity index (χ0v) is 46.6. The molecule has 7 heteroatoms. The summed E-state index contributed by atoms with van der Waals surface area (Å²) < 4.78 is 0. The van der Waals surface area contributed by atoms with E-state index < -0.39 is 0 Å². The van der Waals surface area contributed by atoms with E-state index in [0.717, 1.165) is 148 Å². The fraction of sp³-hybridized carbons (Fsp3) is 0.104. The van der Waals surface area contributed by atoms with Gasteiger partial charge in [-0.15, -0.1) is 0 Å². The molecule has 16 rings (SSSR count). The summed E-state index contributed by atoms with van der Waals surface area (Å²) in [6, 6.07) is 95.6. The van der Waals surface area contributed by atoms with E-state index >= 15 is 0 Å². The van der Waals surface area contributed by atoms with E-state index in [0.29, 0.717) is 5.82 Å². The minimum atomic E-state index is 0.580. The normalized spacial score (nSPS) is 14.0. The number of aromatic nitrogens is 3. The lowest BCUT2D eigenvalue weighted by Crippen LogP contribution is -2.26. The van der Waals surface area contributed by atoms with E-state index in [1.54, 1.807) is 0 Å². The molecular weight excluding hydrogens is 1020 g/mol. The summed E-state index contributed by atoms with van der Waals surface area (Å²) >= 11 is 0. The number of rotatable bonds is 7. The van der Waals surface area contributed by atoms with Crippen molar-refractivity contribution in [1.82, 2.24) is 15.0 Å². The predicted octanol–water partition coefficient (Wildman–Crippen LogP) is 19.1. The first-order valence-electron chi connectivity index (χ1n) is 29.6.